The summed E-state index contributed by atoms with van der Waals surface area (Å²) in [7, 11) is 0. The van der Waals surface area contributed by atoms with Crippen molar-refractivity contribution in [2.75, 3.05) is 29.6 Å². The van der Waals surface area contributed by atoms with Crippen LogP contribution in [0.2, 0.25) is 0 Å². The molecule has 0 aromatic heterocycles. The van der Waals surface area contributed by atoms with Gasteiger partial charge in [-0.25, -0.2) is 4.39 Å². The first kappa shape index (κ1) is 14.6. The number of aliphatic hydroxyl groups is 1. The molecule has 0 aliphatic rings. The number of hydrogen-bond acceptors (Lipinski definition) is 4. The number of nitrogen functional groups attached to an aromatic ring is 1. The first-order valence-electron chi connectivity index (χ1n) is 5.05. The fourth-order valence-electron chi connectivity index (χ4n) is 1.36. The van der Waals surface area contributed by atoms with Crippen molar-refractivity contribution in [3.63, 3.8) is 0 Å². The standard InChI is InChI=1S/C11H16BrFN2OS/c1-11(16,6-17-2)5-15-10-4-8(13)7(12)3-9(10)14/h3-4,15-16H,5-6,14H2,1-2H3. The summed E-state index contributed by atoms with van der Waals surface area (Å²) in [6, 6.07) is 2.82. The van der Waals surface area contributed by atoms with Crippen LogP contribution in [0.5, 0.6) is 0 Å². The average molecular weight is 323 g/mol. The Morgan fingerprint density at radius 1 is 1.59 bits per heavy atom. The molecule has 0 spiro atoms. The van der Waals surface area contributed by atoms with Crippen LogP contribution in [-0.2, 0) is 0 Å². The molecule has 0 heterocycles. The molecule has 0 radical (unpaired) electrons. The van der Waals surface area contributed by atoms with Gasteiger partial charge in [0.25, 0.3) is 0 Å². The van der Waals surface area contributed by atoms with Gasteiger partial charge < -0.3 is 16.2 Å². The lowest BCUT2D eigenvalue weighted by Gasteiger charge is -2.23. The highest BCUT2D eigenvalue weighted by molar-refractivity contribution is 9.10. The molecule has 1 unspecified atom stereocenters. The normalized spacial score (nSPS) is 14.4. The minimum absolute atomic E-state index is 0.319. The molecule has 0 aliphatic carbocycles. The zero-order chi connectivity index (χ0) is 13.1. The molecule has 0 amide bonds. The van der Waals surface area contributed by atoms with E-state index in [9.17, 15) is 9.50 Å². The van der Waals surface area contributed by atoms with Crippen LogP contribution in [0, 0.1) is 5.82 Å². The second kappa shape index (κ2) is 5.93. The minimum Gasteiger partial charge on any atom is -0.397 e. The third kappa shape index (κ3) is 4.37. The Morgan fingerprint density at radius 3 is 2.82 bits per heavy atom. The Labute approximate surface area is 113 Å². The van der Waals surface area contributed by atoms with E-state index in [2.05, 4.69) is 21.2 Å². The quantitative estimate of drug-likeness (QED) is 0.729. The maximum absolute atomic E-state index is 13.3. The number of thioether (sulfide) groups is 1. The van der Waals surface area contributed by atoms with Gasteiger partial charge in [0, 0.05) is 18.4 Å². The molecule has 1 atom stereocenters. The molecule has 17 heavy (non-hydrogen) atoms. The predicted octanol–water partition coefficient (Wildman–Crippen LogP) is 2.70. The van der Waals surface area contributed by atoms with Crippen molar-refractivity contribution >= 4 is 39.1 Å². The summed E-state index contributed by atoms with van der Waals surface area (Å²) in [5.74, 6) is 0.213. The van der Waals surface area contributed by atoms with Crippen molar-refractivity contribution in [1.82, 2.24) is 0 Å². The largest absolute Gasteiger partial charge is 0.397 e. The predicted molar refractivity (Wildman–Crippen MR) is 76.0 cm³/mol. The van der Waals surface area contributed by atoms with E-state index in [1.54, 1.807) is 18.7 Å². The molecule has 96 valence electrons. The number of rotatable bonds is 5. The van der Waals surface area contributed by atoms with Crippen molar-refractivity contribution < 1.29 is 9.50 Å². The highest BCUT2D eigenvalue weighted by Crippen LogP contribution is 2.27. The molecule has 4 N–H and O–H groups in total. The molecule has 0 aliphatic heterocycles. The van der Waals surface area contributed by atoms with Gasteiger partial charge >= 0.3 is 0 Å². The summed E-state index contributed by atoms with van der Waals surface area (Å²) >= 11 is 4.61. The van der Waals surface area contributed by atoms with Gasteiger partial charge in [-0.15, -0.1) is 0 Å². The zero-order valence-electron chi connectivity index (χ0n) is 9.76. The van der Waals surface area contributed by atoms with Crippen LogP contribution < -0.4 is 11.1 Å². The number of nitrogens with one attached hydrogen (secondary N) is 1. The summed E-state index contributed by atoms with van der Waals surface area (Å²) in [4.78, 5) is 0. The molecule has 1 aromatic rings. The zero-order valence-corrected chi connectivity index (χ0v) is 12.2. The average Bonchev–Trinajstić information content (AvgIpc) is 2.21. The van der Waals surface area contributed by atoms with Gasteiger partial charge in [0.05, 0.1) is 21.4 Å². The first-order valence-corrected chi connectivity index (χ1v) is 7.24. The Morgan fingerprint density at radius 2 is 2.24 bits per heavy atom. The first-order chi connectivity index (χ1) is 7.85. The summed E-state index contributed by atoms with van der Waals surface area (Å²) in [6.07, 6.45) is 1.92. The van der Waals surface area contributed by atoms with Gasteiger partial charge in [0.1, 0.15) is 5.82 Å². The number of benzene rings is 1. The SMILES string of the molecule is CSCC(C)(O)CNc1cc(F)c(Br)cc1N. The Bertz CT molecular complexity index is 401. The van der Waals surface area contributed by atoms with Crippen molar-refractivity contribution in [1.29, 1.82) is 0 Å². The summed E-state index contributed by atoms with van der Waals surface area (Å²) in [5.41, 5.74) is 5.83. The maximum atomic E-state index is 13.3. The molecule has 3 nitrogen and oxygen atoms in total. The Balaban J connectivity index is 2.73. The minimum atomic E-state index is -0.852. The van der Waals surface area contributed by atoms with Crippen LogP contribution in [0.25, 0.3) is 0 Å². The molecule has 0 saturated carbocycles. The fraction of sp³-hybridized carbons (Fsp3) is 0.455. The highest BCUT2D eigenvalue weighted by atomic mass is 79.9. The van der Waals surface area contributed by atoms with E-state index in [1.165, 1.54) is 12.1 Å². The third-order valence-corrected chi connectivity index (χ3v) is 3.73. The number of anilines is 2. The smallest absolute Gasteiger partial charge is 0.139 e. The van der Waals surface area contributed by atoms with Crippen molar-refractivity contribution in [2.45, 2.75) is 12.5 Å². The van der Waals surface area contributed by atoms with E-state index < -0.39 is 5.60 Å². The van der Waals surface area contributed by atoms with Crippen LogP contribution in [0.4, 0.5) is 15.8 Å². The number of halogens is 2. The van der Waals surface area contributed by atoms with Crippen molar-refractivity contribution in [3.8, 4) is 0 Å². The van der Waals surface area contributed by atoms with Gasteiger partial charge in [0.15, 0.2) is 0 Å². The second-order valence-corrected chi connectivity index (χ2v) is 5.86. The van der Waals surface area contributed by atoms with E-state index in [0.29, 0.717) is 28.1 Å². The Kier molecular flexibility index (Phi) is 5.09. The molecule has 1 aromatic carbocycles. The lowest BCUT2D eigenvalue weighted by Crippen LogP contribution is -2.36. The Hall–Kier alpha value is -0.460. The van der Waals surface area contributed by atoms with E-state index in [1.807, 2.05) is 6.26 Å². The van der Waals surface area contributed by atoms with Gasteiger partial charge in [-0.3, -0.25) is 0 Å². The highest BCUT2D eigenvalue weighted by Gasteiger charge is 2.19. The van der Waals surface area contributed by atoms with Crippen molar-refractivity contribution in [3.05, 3.63) is 22.4 Å². The van der Waals surface area contributed by atoms with Gasteiger partial charge in [-0.1, -0.05) is 0 Å². The van der Waals surface area contributed by atoms with Crippen LogP contribution in [-0.4, -0.2) is 29.3 Å². The third-order valence-electron chi connectivity index (χ3n) is 2.21. The van der Waals surface area contributed by atoms with Gasteiger partial charge in [0.2, 0.25) is 0 Å². The van der Waals surface area contributed by atoms with E-state index in [4.69, 9.17) is 5.73 Å². The number of hydrogen-bond donors (Lipinski definition) is 3. The maximum Gasteiger partial charge on any atom is 0.139 e. The summed E-state index contributed by atoms with van der Waals surface area (Å²) in [5, 5.41) is 12.9. The van der Waals surface area contributed by atoms with Crippen LogP contribution in [0.1, 0.15) is 6.92 Å². The molecular weight excluding hydrogens is 307 g/mol. The van der Waals surface area contributed by atoms with Crippen molar-refractivity contribution in [2.24, 2.45) is 0 Å². The van der Waals surface area contributed by atoms with E-state index >= 15 is 0 Å². The fourth-order valence-corrected chi connectivity index (χ4v) is 2.45. The van der Waals surface area contributed by atoms with Crippen LogP contribution >= 0.6 is 27.7 Å². The summed E-state index contributed by atoms with van der Waals surface area (Å²) in [6.45, 7) is 2.04. The molecule has 6 heteroatoms. The molecular formula is C11H16BrFN2OS. The van der Waals surface area contributed by atoms with Crippen LogP contribution in [0.3, 0.4) is 0 Å². The molecule has 0 saturated heterocycles. The second-order valence-electron chi connectivity index (χ2n) is 4.14. The van der Waals surface area contributed by atoms with Gasteiger partial charge in [-0.05, 0) is 35.2 Å². The summed E-state index contributed by atoms with van der Waals surface area (Å²) < 4.78 is 13.6. The molecule has 0 fully saturated rings. The van der Waals surface area contributed by atoms with E-state index in [0.717, 1.165) is 0 Å². The van der Waals surface area contributed by atoms with E-state index in [-0.39, 0.29) is 5.82 Å². The lowest BCUT2D eigenvalue weighted by molar-refractivity contribution is 0.0997. The van der Waals surface area contributed by atoms with Crippen LogP contribution in [0.15, 0.2) is 16.6 Å². The monoisotopic (exact) mass is 322 g/mol. The number of nitrogens with two attached hydrogens (primary N) is 1. The van der Waals surface area contributed by atoms with Gasteiger partial charge in [-0.2, -0.15) is 11.8 Å². The topological polar surface area (TPSA) is 58.3 Å². The molecule has 0 bridgehead atoms. The lowest BCUT2D eigenvalue weighted by atomic mass is 10.1. The molecule has 1 rings (SSSR count).